The minimum atomic E-state index is -0.827. The van der Waals surface area contributed by atoms with E-state index in [2.05, 4.69) is 0 Å². The number of halogens is 6. The summed E-state index contributed by atoms with van der Waals surface area (Å²) in [5.41, 5.74) is 1.50. The van der Waals surface area contributed by atoms with Gasteiger partial charge in [0.05, 0.1) is 11.4 Å². The van der Waals surface area contributed by atoms with E-state index in [0.717, 1.165) is 34.7 Å². The molecule has 2 aromatic carbocycles. The Morgan fingerprint density at radius 3 is 1.48 bits per heavy atom. The van der Waals surface area contributed by atoms with Gasteiger partial charge in [-0.1, -0.05) is 91.0 Å². The van der Waals surface area contributed by atoms with Crippen LogP contribution in [0.5, 0.6) is 0 Å². The largest absolute Gasteiger partial charge is 0.276 e. The smallest absolute Gasteiger partial charge is 0.242 e. The summed E-state index contributed by atoms with van der Waals surface area (Å²) >= 11 is 25.6. The Morgan fingerprint density at radius 2 is 1.17 bits per heavy atom. The summed E-state index contributed by atoms with van der Waals surface area (Å²) < 4.78 is 25.5. The second kappa shape index (κ2) is 11.5. The fraction of sp³-hybridized carbons (Fsp3) is 0.176. The van der Waals surface area contributed by atoms with Crippen molar-refractivity contribution in [1.29, 1.82) is 0 Å². The van der Waals surface area contributed by atoms with Crippen LogP contribution in [0, 0.1) is 0 Å². The standard InChI is InChI=1S/C17H12Cl4F2N2O2S2/c18-16(19)28-14-6-12(24(22)8-26)3-1-10(14)5-11-2-4-13(25(23)9-27)7-15(11)29-17(20)21/h1-4,6-9,16-17H,5H2. The van der Waals surface area contributed by atoms with Gasteiger partial charge in [-0.2, -0.15) is 0 Å². The number of rotatable bonds is 10. The van der Waals surface area contributed by atoms with E-state index in [4.69, 9.17) is 46.4 Å². The zero-order chi connectivity index (χ0) is 21.6. The highest BCUT2D eigenvalue weighted by molar-refractivity contribution is 8.02. The number of carbonyl (C=O) groups excluding carboxylic acids is 2. The van der Waals surface area contributed by atoms with Gasteiger partial charge in [0.15, 0.2) is 8.34 Å². The average Bonchev–Trinajstić information content (AvgIpc) is 2.68. The predicted molar refractivity (Wildman–Crippen MR) is 118 cm³/mol. The Morgan fingerprint density at radius 1 is 0.793 bits per heavy atom. The van der Waals surface area contributed by atoms with Crippen LogP contribution in [-0.4, -0.2) is 21.2 Å². The van der Waals surface area contributed by atoms with Gasteiger partial charge in [0.2, 0.25) is 12.8 Å². The lowest BCUT2D eigenvalue weighted by atomic mass is 10.0. The van der Waals surface area contributed by atoms with E-state index in [1.54, 1.807) is 12.1 Å². The van der Waals surface area contributed by atoms with Crippen LogP contribution in [0.25, 0.3) is 0 Å². The van der Waals surface area contributed by atoms with E-state index < -0.39 is 8.34 Å². The molecule has 4 nitrogen and oxygen atoms in total. The maximum atomic E-state index is 13.6. The molecule has 0 saturated heterocycles. The number of hydrogen-bond acceptors (Lipinski definition) is 4. The van der Waals surface area contributed by atoms with E-state index in [-0.39, 0.29) is 34.4 Å². The SMILES string of the molecule is O=CN(F)c1ccc(Cc2ccc(N(F)C=O)cc2SC(Cl)Cl)c(SC(Cl)Cl)c1. The number of nitrogens with zero attached hydrogens (tertiary/aromatic N) is 2. The van der Waals surface area contributed by atoms with E-state index in [9.17, 15) is 18.6 Å². The van der Waals surface area contributed by atoms with Crippen LogP contribution in [-0.2, 0) is 16.0 Å². The van der Waals surface area contributed by atoms with Crippen molar-refractivity contribution in [2.24, 2.45) is 0 Å². The lowest BCUT2D eigenvalue weighted by molar-refractivity contribution is -0.110. The van der Waals surface area contributed by atoms with Crippen LogP contribution < -0.4 is 10.2 Å². The molecule has 0 unspecified atom stereocenters. The number of anilines is 2. The molecule has 2 amide bonds. The first-order valence-corrected chi connectivity index (χ1v) is 11.2. The third kappa shape index (κ3) is 7.08. The van der Waals surface area contributed by atoms with E-state index in [0.29, 0.717) is 16.2 Å². The molecule has 0 radical (unpaired) electrons. The first-order chi connectivity index (χ1) is 13.7. The van der Waals surface area contributed by atoms with Gasteiger partial charge in [-0.15, -0.1) is 10.2 Å². The number of benzene rings is 2. The maximum Gasteiger partial charge on any atom is 0.242 e. The van der Waals surface area contributed by atoms with Gasteiger partial charge in [0.25, 0.3) is 0 Å². The molecular formula is C17H12Cl4F2N2O2S2. The molecule has 12 heteroatoms. The fourth-order valence-corrected chi connectivity index (χ4v) is 4.88. The summed E-state index contributed by atoms with van der Waals surface area (Å²) in [6, 6.07) is 8.97. The zero-order valence-electron chi connectivity index (χ0n) is 14.3. The monoisotopic (exact) mass is 518 g/mol. The minimum Gasteiger partial charge on any atom is -0.276 e. The number of alkyl halides is 4. The van der Waals surface area contributed by atoms with Crippen LogP contribution in [0.15, 0.2) is 46.2 Å². The number of thioether (sulfide) groups is 2. The molecule has 0 aromatic heterocycles. The molecule has 2 rings (SSSR count). The summed E-state index contributed by atoms with van der Waals surface area (Å²) in [4.78, 5) is 22.5. The van der Waals surface area contributed by atoms with Crippen LogP contribution in [0.3, 0.4) is 0 Å². The normalized spacial score (nSPS) is 11.0. The maximum absolute atomic E-state index is 13.6. The second-order valence-electron chi connectivity index (χ2n) is 5.35. The molecule has 156 valence electrons. The van der Waals surface area contributed by atoms with Crippen molar-refractivity contribution in [3.05, 3.63) is 47.5 Å². The molecule has 0 N–H and O–H groups in total. The lowest BCUT2D eigenvalue weighted by Gasteiger charge is -2.16. The molecule has 0 saturated carbocycles. The predicted octanol–water partition coefficient (Wildman–Crippen LogP) is 6.68. The molecule has 0 aliphatic carbocycles. The van der Waals surface area contributed by atoms with Gasteiger partial charge in [-0.3, -0.25) is 9.59 Å². The Bertz CT molecular complexity index is 808. The van der Waals surface area contributed by atoms with Gasteiger partial charge in [0, 0.05) is 9.79 Å². The molecule has 2 aromatic rings. The number of hydrogen-bond donors (Lipinski definition) is 0. The van der Waals surface area contributed by atoms with Crippen molar-refractivity contribution in [2.45, 2.75) is 24.5 Å². The summed E-state index contributed by atoms with van der Waals surface area (Å²) in [5.74, 6) is 0. The highest BCUT2D eigenvalue weighted by Gasteiger charge is 2.16. The highest BCUT2D eigenvalue weighted by atomic mass is 35.5. The molecule has 0 heterocycles. The highest BCUT2D eigenvalue weighted by Crippen LogP contribution is 2.38. The minimum absolute atomic E-state index is 0.0193. The van der Waals surface area contributed by atoms with Crippen molar-refractivity contribution in [2.75, 3.05) is 10.2 Å². The Balaban J connectivity index is 2.45. The summed E-state index contributed by atoms with van der Waals surface area (Å²) in [6.07, 6.45) is 0.395. The molecule has 0 spiro atoms. The molecule has 0 fully saturated rings. The molecule has 0 aliphatic heterocycles. The summed E-state index contributed by atoms with van der Waals surface area (Å²) in [7, 11) is 0. The van der Waals surface area contributed by atoms with E-state index >= 15 is 0 Å². The van der Waals surface area contributed by atoms with Crippen LogP contribution in [0.1, 0.15) is 11.1 Å². The molecule has 0 atom stereocenters. The summed E-state index contributed by atoms with van der Waals surface area (Å²) in [5, 5.41) is -0.134. The number of carbonyl (C=O) groups is 2. The van der Waals surface area contributed by atoms with Gasteiger partial charge in [0.1, 0.15) is 0 Å². The van der Waals surface area contributed by atoms with Crippen LogP contribution in [0.4, 0.5) is 20.3 Å². The third-order valence-corrected chi connectivity index (χ3v) is 6.29. The van der Waals surface area contributed by atoms with Gasteiger partial charge < -0.3 is 0 Å². The molecule has 0 aliphatic rings. The Labute approximate surface area is 194 Å². The van der Waals surface area contributed by atoms with Gasteiger partial charge in [-0.05, 0) is 41.8 Å². The fourth-order valence-electron chi connectivity index (χ4n) is 2.38. The van der Waals surface area contributed by atoms with Crippen molar-refractivity contribution in [3.63, 3.8) is 0 Å². The quantitative estimate of drug-likeness (QED) is 0.152. The van der Waals surface area contributed by atoms with Crippen molar-refractivity contribution >= 4 is 94.1 Å². The second-order valence-corrected chi connectivity index (χ2v) is 10.9. The van der Waals surface area contributed by atoms with Gasteiger partial charge >= 0.3 is 0 Å². The first-order valence-electron chi connectivity index (χ1n) is 7.71. The topological polar surface area (TPSA) is 40.6 Å². The summed E-state index contributed by atoms with van der Waals surface area (Å²) in [6.45, 7) is 0. The first kappa shape index (κ1) is 24.4. The Kier molecular flexibility index (Phi) is 9.65. The van der Waals surface area contributed by atoms with Crippen molar-refractivity contribution in [1.82, 2.24) is 0 Å². The lowest BCUT2D eigenvalue weighted by Crippen LogP contribution is -2.09. The van der Waals surface area contributed by atoms with Crippen molar-refractivity contribution < 1.29 is 18.6 Å². The van der Waals surface area contributed by atoms with Crippen LogP contribution in [0.2, 0.25) is 0 Å². The third-order valence-electron chi connectivity index (χ3n) is 3.59. The van der Waals surface area contributed by atoms with Crippen LogP contribution >= 0.6 is 69.9 Å². The van der Waals surface area contributed by atoms with E-state index in [1.165, 1.54) is 24.3 Å². The molecular weight excluding hydrogens is 508 g/mol. The molecule has 29 heavy (non-hydrogen) atoms. The average molecular weight is 520 g/mol. The van der Waals surface area contributed by atoms with Gasteiger partial charge in [-0.25, -0.2) is 0 Å². The van der Waals surface area contributed by atoms with Crippen molar-refractivity contribution in [3.8, 4) is 0 Å². The molecule has 0 bridgehead atoms. The zero-order valence-corrected chi connectivity index (χ0v) is 18.9. The number of amides is 2. The van der Waals surface area contributed by atoms with E-state index in [1.807, 2.05) is 0 Å². The Hall–Kier alpha value is -0.900.